The summed E-state index contributed by atoms with van der Waals surface area (Å²) in [5.74, 6) is 1.24. The first-order valence-corrected chi connectivity index (χ1v) is 6.35. The van der Waals surface area contributed by atoms with Crippen LogP contribution in [0.3, 0.4) is 0 Å². The second-order valence-electron chi connectivity index (χ2n) is 3.75. The van der Waals surface area contributed by atoms with E-state index in [1.54, 1.807) is 30.6 Å². The van der Waals surface area contributed by atoms with Gasteiger partial charge in [-0.25, -0.2) is 0 Å². The summed E-state index contributed by atoms with van der Waals surface area (Å²) >= 11 is -2.24. The molecule has 2 heterocycles. The first-order valence-electron chi connectivity index (χ1n) is 5.28. The fraction of sp³-hybridized carbons (Fsp3) is 0. The van der Waals surface area contributed by atoms with Crippen molar-refractivity contribution < 1.29 is 32.0 Å². The third-order valence-corrected chi connectivity index (χ3v) is 3.40. The Morgan fingerprint density at radius 1 is 1.00 bits per heavy atom. The molecule has 90 valence electrons. The number of hydrogen-bond donors (Lipinski definition) is 0. The Labute approximate surface area is 124 Å². The molecule has 1 aromatic rings. The molecule has 1 aliphatic heterocycles. The number of fused-ring (bicyclic) bond motifs is 1. The number of hydrogen-bond acceptors (Lipinski definition) is 4. The fourth-order valence-corrected chi connectivity index (χ4v) is 2.36. The molecule has 0 saturated carbocycles. The molecule has 0 amide bonds. The molecule has 4 nitrogen and oxygen atoms in total. The van der Waals surface area contributed by atoms with Crippen molar-refractivity contribution in [2.24, 2.45) is 0 Å². The summed E-state index contributed by atoms with van der Waals surface area (Å²) in [5, 5.41) is 0. The maximum absolute atomic E-state index is 11.0. The summed E-state index contributed by atoms with van der Waals surface area (Å²) in [4.78, 5) is 4.20. The molecule has 0 bridgehead atoms. The van der Waals surface area contributed by atoms with Gasteiger partial charge in [0.15, 0.2) is 0 Å². The maximum atomic E-state index is 11.0. The molecule has 0 saturated heterocycles. The summed E-state index contributed by atoms with van der Waals surface area (Å²) in [7, 11) is 0. The van der Waals surface area contributed by atoms with Gasteiger partial charge in [-0.2, -0.15) is 0 Å². The van der Waals surface area contributed by atoms with E-state index < -0.39 is 11.1 Å². The van der Waals surface area contributed by atoms with Crippen LogP contribution in [0.25, 0.3) is 22.6 Å². The predicted octanol–water partition coefficient (Wildman–Crippen LogP) is -0.312. The van der Waals surface area contributed by atoms with Gasteiger partial charge in [0.1, 0.15) is 11.5 Å². The van der Waals surface area contributed by atoms with Crippen LogP contribution in [0.4, 0.5) is 0 Å². The van der Waals surface area contributed by atoms with Crippen molar-refractivity contribution >= 4 is 11.1 Å². The van der Waals surface area contributed by atoms with Crippen molar-refractivity contribution in [1.29, 1.82) is 0 Å². The van der Waals surface area contributed by atoms with Crippen LogP contribution in [-0.2, 0) is 11.1 Å². The number of nitrogens with zero attached hydrogens (tertiary/aromatic N) is 1. The summed E-state index contributed by atoms with van der Waals surface area (Å²) in [6, 6.07) is 10.4. The van der Waals surface area contributed by atoms with Gasteiger partial charge in [0.25, 0.3) is 0 Å². The largest absolute Gasteiger partial charge is 1.00 e. The smallest absolute Gasteiger partial charge is 0.768 e. The van der Waals surface area contributed by atoms with Crippen LogP contribution in [0.1, 0.15) is 0 Å². The topological polar surface area (TPSA) is 66.2 Å². The average molecular weight is 265 g/mol. The van der Waals surface area contributed by atoms with E-state index in [1.165, 1.54) is 6.07 Å². The van der Waals surface area contributed by atoms with Crippen molar-refractivity contribution in [2.75, 3.05) is 0 Å². The number of rotatable bonds is 2. The minimum Gasteiger partial charge on any atom is -0.768 e. The number of pyridine rings is 1. The molecule has 0 fully saturated rings. The minimum absolute atomic E-state index is 0. The van der Waals surface area contributed by atoms with E-state index in [1.807, 2.05) is 12.1 Å². The molecule has 0 radical (unpaired) electrons. The van der Waals surface area contributed by atoms with E-state index in [-0.39, 0.29) is 23.8 Å². The maximum Gasteiger partial charge on any atom is 1.00 e. The second-order valence-corrected chi connectivity index (χ2v) is 4.65. The summed E-state index contributed by atoms with van der Waals surface area (Å²) in [5.41, 5.74) is 1.50. The SMILES string of the molecule is O=S([O-])c1ccc2oc(-c3ccncc3)ccc1-2.[Li+]. The molecule has 19 heavy (non-hydrogen) atoms. The van der Waals surface area contributed by atoms with Crippen LogP contribution in [-0.4, -0.2) is 13.7 Å². The predicted molar refractivity (Wildman–Crippen MR) is 65.7 cm³/mol. The molecule has 6 heteroatoms. The van der Waals surface area contributed by atoms with E-state index in [9.17, 15) is 8.76 Å². The quantitative estimate of drug-likeness (QED) is 0.471. The van der Waals surface area contributed by atoms with Gasteiger partial charge in [-0.15, -0.1) is 0 Å². The molecule has 1 unspecified atom stereocenters. The summed E-state index contributed by atoms with van der Waals surface area (Å²) in [6.45, 7) is 0. The van der Waals surface area contributed by atoms with Crippen molar-refractivity contribution in [3.05, 3.63) is 48.8 Å². The van der Waals surface area contributed by atoms with Crippen molar-refractivity contribution in [3.8, 4) is 22.6 Å². The van der Waals surface area contributed by atoms with Crippen molar-refractivity contribution in [2.45, 2.75) is 4.90 Å². The Morgan fingerprint density at radius 2 is 1.68 bits per heavy atom. The van der Waals surface area contributed by atoms with Gasteiger partial charge in [-0.1, -0.05) is 0 Å². The van der Waals surface area contributed by atoms with E-state index in [2.05, 4.69) is 4.98 Å². The molecule has 3 rings (SSSR count). The first-order chi connectivity index (χ1) is 8.75. The molecular weight excluding hydrogens is 257 g/mol. The summed E-state index contributed by atoms with van der Waals surface area (Å²) < 4.78 is 27.6. The van der Waals surface area contributed by atoms with Crippen LogP contribution < -0.4 is 18.9 Å². The van der Waals surface area contributed by atoms with E-state index in [0.717, 1.165) is 5.56 Å². The van der Waals surface area contributed by atoms with Crippen LogP contribution in [0.15, 0.2) is 58.1 Å². The van der Waals surface area contributed by atoms with Crippen molar-refractivity contribution in [3.63, 3.8) is 0 Å². The Balaban J connectivity index is 0.00000133. The fourth-order valence-electron chi connectivity index (χ4n) is 1.83. The summed E-state index contributed by atoms with van der Waals surface area (Å²) in [6.07, 6.45) is 3.36. The molecule has 1 aromatic heterocycles. The van der Waals surface area contributed by atoms with Gasteiger partial charge < -0.3 is 8.97 Å². The van der Waals surface area contributed by atoms with Crippen LogP contribution in [0.2, 0.25) is 0 Å². The van der Waals surface area contributed by atoms with Gasteiger partial charge >= 0.3 is 18.9 Å². The Kier molecular flexibility index (Phi) is 4.23. The zero-order chi connectivity index (χ0) is 12.5. The monoisotopic (exact) mass is 265 g/mol. The third kappa shape index (κ3) is 2.65. The van der Waals surface area contributed by atoms with Crippen molar-refractivity contribution in [1.82, 2.24) is 4.98 Å². The molecule has 0 spiro atoms. The zero-order valence-electron chi connectivity index (χ0n) is 10.2. The first kappa shape index (κ1) is 14.0. The molecule has 0 N–H and O–H groups in total. The molecule has 1 aliphatic carbocycles. The van der Waals surface area contributed by atoms with Gasteiger partial charge in [-0.3, -0.25) is 9.19 Å². The third-order valence-electron chi connectivity index (χ3n) is 2.68. The average Bonchev–Trinajstić information content (AvgIpc) is 2.82. The Hall–Kier alpha value is -1.38. The Bertz CT molecular complexity index is 684. The van der Waals surface area contributed by atoms with Crippen LogP contribution >= 0.6 is 0 Å². The molecule has 1 atom stereocenters. The van der Waals surface area contributed by atoms with Gasteiger partial charge in [0, 0.05) is 28.4 Å². The van der Waals surface area contributed by atoms with Gasteiger partial charge in [0.05, 0.1) is 0 Å². The Morgan fingerprint density at radius 3 is 2.37 bits per heavy atom. The van der Waals surface area contributed by atoms with Crippen LogP contribution in [0.5, 0.6) is 0 Å². The molecule has 2 aliphatic rings. The molecule has 0 aromatic carbocycles. The van der Waals surface area contributed by atoms with E-state index in [4.69, 9.17) is 4.42 Å². The molecular formula is C13H8LiNO3S. The number of aromatic nitrogens is 1. The second kappa shape index (κ2) is 5.72. The van der Waals surface area contributed by atoms with Gasteiger partial charge in [0.2, 0.25) is 0 Å². The minimum atomic E-state index is -2.24. The zero-order valence-corrected chi connectivity index (χ0v) is 11.0. The van der Waals surface area contributed by atoms with Crippen LogP contribution in [0, 0.1) is 0 Å². The standard InChI is InChI=1S/C13H9NO3S.Li/c15-18(16)13-4-3-12-10(13)1-2-11(17-12)9-5-7-14-8-6-9;/h1-8H,(H,15,16);/q;+1/p-1. The van der Waals surface area contributed by atoms with E-state index in [0.29, 0.717) is 17.1 Å². The van der Waals surface area contributed by atoms with Gasteiger partial charge in [-0.05, 0) is 47.5 Å². The normalized spacial score (nSPS) is 12.1. The van der Waals surface area contributed by atoms with E-state index >= 15 is 0 Å².